The fraction of sp³-hybridized carbons (Fsp3) is 0.172. The van der Waals surface area contributed by atoms with E-state index in [4.69, 9.17) is 14.2 Å². The highest BCUT2D eigenvalue weighted by Crippen LogP contribution is 2.40. The first-order valence-electron chi connectivity index (χ1n) is 11.5. The average Bonchev–Trinajstić information content (AvgIpc) is 3.35. The lowest BCUT2D eigenvalue weighted by molar-refractivity contribution is -0.116. The SMILES string of the molecule is COC(=O)c1ccc(/C=C/C(=O)NCC(c2cccc(OC)c2OC)c2c[nH]c3ccccc23)cc1. The molecule has 184 valence electrons. The quantitative estimate of drug-likeness (QED) is 0.260. The summed E-state index contributed by atoms with van der Waals surface area (Å²) in [6.45, 7) is 0.343. The number of benzene rings is 3. The predicted octanol–water partition coefficient (Wildman–Crippen LogP) is 4.93. The number of esters is 1. The molecule has 1 unspecified atom stereocenters. The third-order valence-electron chi connectivity index (χ3n) is 6.04. The molecule has 2 N–H and O–H groups in total. The lowest BCUT2D eigenvalue weighted by Gasteiger charge is -2.21. The summed E-state index contributed by atoms with van der Waals surface area (Å²) < 4.78 is 15.9. The molecule has 0 spiro atoms. The molecule has 0 saturated carbocycles. The standard InChI is InChI=1S/C29H28N2O5/c1-34-26-10-6-8-22(28(26)35-2)24(23-17-30-25-9-5-4-7-21(23)25)18-31-27(32)16-13-19-11-14-20(15-12-19)29(33)36-3/h4-17,24,30H,18H2,1-3H3,(H,31,32)/b16-13+. The van der Waals surface area contributed by atoms with Gasteiger partial charge in [-0.2, -0.15) is 0 Å². The molecule has 1 heterocycles. The Balaban J connectivity index is 1.58. The highest BCUT2D eigenvalue weighted by atomic mass is 16.5. The largest absolute Gasteiger partial charge is 0.493 e. The maximum absolute atomic E-state index is 12.7. The molecule has 3 aromatic carbocycles. The third-order valence-corrected chi connectivity index (χ3v) is 6.04. The number of hydrogen-bond donors (Lipinski definition) is 2. The van der Waals surface area contributed by atoms with E-state index in [1.165, 1.54) is 13.2 Å². The second kappa shape index (κ2) is 11.3. The highest BCUT2D eigenvalue weighted by molar-refractivity contribution is 5.93. The summed E-state index contributed by atoms with van der Waals surface area (Å²) >= 11 is 0. The van der Waals surface area contributed by atoms with E-state index in [1.807, 2.05) is 42.6 Å². The molecule has 0 radical (unpaired) electrons. The molecule has 0 aliphatic rings. The van der Waals surface area contributed by atoms with Crippen LogP contribution in [0.2, 0.25) is 0 Å². The molecular weight excluding hydrogens is 456 g/mol. The van der Waals surface area contributed by atoms with E-state index in [9.17, 15) is 9.59 Å². The second-order valence-corrected chi connectivity index (χ2v) is 8.12. The van der Waals surface area contributed by atoms with Gasteiger partial charge in [0.15, 0.2) is 11.5 Å². The number of ether oxygens (including phenoxy) is 3. The fourth-order valence-corrected chi connectivity index (χ4v) is 4.24. The van der Waals surface area contributed by atoms with Crippen LogP contribution in [0.4, 0.5) is 0 Å². The molecule has 0 bridgehead atoms. The van der Waals surface area contributed by atoms with Crippen LogP contribution < -0.4 is 14.8 Å². The van der Waals surface area contributed by atoms with Crippen LogP contribution in [-0.2, 0) is 9.53 Å². The predicted molar refractivity (Wildman–Crippen MR) is 140 cm³/mol. The van der Waals surface area contributed by atoms with Gasteiger partial charge in [-0.3, -0.25) is 4.79 Å². The molecule has 7 heteroatoms. The number of methoxy groups -OCH3 is 3. The number of carbonyl (C=O) groups excluding carboxylic acids is 2. The topological polar surface area (TPSA) is 89.7 Å². The molecule has 7 nitrogen and oxygen atoms in total. The van der Waals surface area contributed by atoms with Crippen LogP contribution >= 0.6 is 0 Å². The molecular formula is C29H28N2O5. The van der Waals surface area contributed by atoms with Gasteiger partial charge in [-0.25, -0.2) is 4.79 Å². The van der Waals surface area contributed by atoms with Gasteiger partial charge < -0.3 is 24.5 Å². The van der Waals surface area contributed by atoms with Gasteiger partial charge in [0, 0.05) is 41.2 Å². The summed E-state index contributed by atoms with van der Waals surface area (Å²) in [4.78, 5) is 27.7. The van der Waals surface area contributed by atoms with Crippen molar-refractivity contribution in [1.82, 2.24) is 10.3 Å². The van der Waals surface area contributed by atoms with Gasteiger partial charge in [0.05, 0.1) is 26.9 Å². The van der Waals surface area contributed by atoms with Crippen molar-refractivity contribution < 1.29 is 23.8 Å². The van der Waals surface area contributed by atoms with Crippen molar-refractivity contribution in [2.24, 2.45) is 0 Å². The van der Waals surface area contributed by atoms with Crippen molar-refractivity contribution in [2.45, 2.75) is 5.92 Å². The Morgan fingerprint density at radius 3 is 2.42 bits per heavy atom. The normalized spacial score (nSPS) is 11.9. The fourth-order valence-electron chi connectivity index (χ4n) is 4.24. The molecule has 1 aromatic heterocycles. The number of H-pyrrole nitrogens is 1. The summed E-state index contributed by atoms with van der Waals surface area (Å²) in [6.07, 6.45) is 5.14. The van der Waals surface area contributed by atoms with E-state index in [-0.39, 0.29) is 11.8 Å². The third kappa shape index (κ3) is 5.25. The monoisotopic (exact) mass is 484 g/mol. The van der Waals surface area contributed by atoms with Gasteiger partial charge in [0.2, 0.25) is 5.91 Å². The number of nitrogens with one attached hydrogen (secondary N) is 2. The average molecular weight is 485 g/mol. The number of hydrogen-bond acceptors (Lipinski definition) is 5. The Labute approximate surface area is 209 Å². The first-order chi connectivity index (χ1) is 17.5. The molecule has 0 aliphatic carbocycles. The summed E-state index contributed by atoms with van der Waals surface area (Å²) in [7, 11) is 4.55. The molecule has 1 atom stereocenters. The number of carbonyl (C=O) groups is 2. The van der Waals surface area contributed by atoms with Gasteiger partial charge in [-0.1, -0.05) is 42.5 Å². The summed E-state index contributed by atoms with van der Waals surface area (Å²) in [5.41, 5.74) is 4.21. The van der Waals surface area contributed by atoms with Gasteiger partial charge in [0.25, 0.3) is 0 Å². The van der Waals surface area contributed by atoms with Crippen molar-refractivity contribution in [3.63, 3.8) is 0 Å². The van der Waals surface area contributed by atoms with Gasteiger partial charge >= 0.3 is 5.97 Å². The Bertz CT molecular complexity index is 1390. The minimum absolute atomic E-state index is 0.192. The maximum atomic E-state index is 12.7. The van der Waals surface area contributed by atoms with Crippen molar-refractivity contribution in [3.05, 3.63) is 101 Å². The minimum atomic E-state index is -0.403. The second-order valence-electron chi connectivity index (χ2n) is 8.12. The van der Waals surface area contributed by atoms with Crippen LogP contribution in [0.3, 0.4) is 0 Å². The summed E-state index contributed by atoms with van der Waals surface area (Å²) in [5, 5.41) is 4.09. The van der Waals surface area contributed by atoms with Crippen molar-refractivity contribution in [3.8, 4) is 11.5 Å². The van der Waals surface area contributed by atoms with Crippen LogP contribution in [0, 0.1) is 0 Å². The zero-order valence-corrected chi connectivity index (χ0v) is 20.4. The minimum Gasteiger partial charge on any atom is -0.493 e. The van der Waals surface area contributed by atoms with Crippen LogP contribution in [-0.4, -0.2) is 44.7 Å². The van der Waals surface area contributed by atoms with Crippen LogP contribution in [0.5, 0.6) is 11.5 Å². The number of rotatable bonds is 9. The van der Waals surface area contributed by atoms with Gasteiger partial charge in [-0.15, -0.1) is 0 Å². The van der Waals surface area contributed by atoms with E-state index < -0.39 is 5.97 Å². The zero-order valence-electron chi connectivity index (χ0n) is 20.4. The first kappa shape index (κ1) is 24.6. The molecule has 0 fully saturated rings. The van der Waals surface area contributed by atoms with E-state index in [0.717, 1.165) is 27.6 Å². The van der Waals surface area contributed by atoms with E-state index >= 15 is 0 Å². The first-order valence-corrected chi connectivity index (χ1v) is 11.5. The van der Waals surface area contributed by atoms with Crippen LogP contribution in [0.15, 0.2) is 79.0 Å². The lowest BCUT2D eigenvalue weighted by Crippen LogP contribution is -2.27. The maximum Gasteiger partial charge on any atom is 0.337 e. The molecule has 0 aliphatic heterocycles. The van der Waals surface area contributed by atoms with Crippen molar-refractivity contribution in [2.75, 3.05) is 27.9 Å². The number of para-hydroxylation sites is 2. The Morgan fingerprint density at radius 1 is 0.917 bits per heavy atom. The van der Waals surface area contributed by atoms with Crippen LogP contribution in [0.1, 0.15) is 33.0 Å². The zero-order chi connectivity index (χ0) is 25.5. The molecule has 4 rings (SSSR count). The van der Waals surface area contributed by atoms with Crippen molar-refractivity contribution >= 4 is 28.9 Å². The number of amides is 1. The molecule has 4 aromatic rings. The number of fused-ring (bicyclic) bond motifs is 1. The van der Waals surface area contributed by atoms with E-state index in [0.29, 0.717) is 23.6 Å². The number of aromatic amines is 1. The van der Waals surface area contributed by atoms with Crippen LogP contribution in [0.25, 0.3) is 17.0 Å². The van der Waals surface area contributed by atoms with Gasteiger partial charge in [-0.05, 0) is 41.5 Å². The smallest absolute Gasteiger partial charge is 0.337 e. The molecule has 0 saturated heterocycles. The van der Waals surface area contributed by atoms with Gasteiger partial charge in [0.1, 0.15) is 0 Å². The Morgan fingerprint density at radius 2 is 1.69 bits per heavy atom. The Kier molecular flexibility index (Phi) is 7.70. The Hall–Kier alpha value is -4.52. The van der Waals surface area contributed by atoms with E-state index in [1.54, 1.807) is 44.6 Å². The summed E-state index contributed by atoms with van der Waals surface area (Å²) in [6, 6.07) is 20.6. The summed E-state index contributed by atoms with van der Waals surface area (Å²) in [5.74, 6) is 0.424. The van der Waals surface area contributed by atoms with Crippen molar-refractivity contribution in [1.29, 1.82) is 0 Å². The molecule has 1 amide bonds. The highest BCUT2D eigenvalue weighted by Gasteiger charge is 2.24. The molecule has 36 heavy (non-hydrogen) atoms. The van der Waals surface area contributed by atoms with E-state index in [2.05, 4.69) is 16.4 Å². The lowest BCUT2D eigenvalue weighted by atomic mass is 9.89. The number of aromatic nitrogens is 1.